The molecule has 0 aromatic rings. The maximum atomic E-state index is 11.3. The quantitative estimate of drug-likeness (QED) is 0.439. The maximum absolute atomic E-state index is 11.3. The Balaban J connectivity index is 1.49. The first-order valence-electron chi connectivity index (χ1n) is 9.91. The number of rotatable bonds is 1. The summed E-state index contributed by atoms with van der Waals surface area (Å²) in [4.78, 5) is 11.3. The van der Waals surface area contributed by atoms with E-state index >= 15 is 0 Å². The summed E-state index contributed by atoms with van der Waals surface area (Å²) in [6.07, 6.45) is 10.8. The van der Waals surface area contributed by atoms with E-state index in [4.69, 9.17) is 4.74 Å². The van der Waals surface area contributed by atoms with Gasteiger partial charge in [0, 0.05) is 12.3 Å². The van der Waals surface area contributed by atoms with Gasteiger partial charge in [0.2, 0.25) is 0 Å². The van der Waals surface area contributed by atoms with Gasteiger partial charge in [-0.25, -0.2) is 0 Å². The van der Waals surface area contributed by atoms with Crippen LogP contribution in [0.4, 0.5) is 0 Å². The van der Waals surface area contributed by atoms with Crippen molar-refractivity contribution in [2.75, 3.05) is 0 Å². The minimum atomic E-state index is -0.123. The lowest BCUT2D eigenvalue weighted by Gasteiger charge is -2.55. The average molecular weight is 333 g/mol. The zero-order chi connectivity index (χ0) is 16.9. The van der Waals surface area contributed by atoms with Crippen LogP contribution < -0.4 is 0 Å². The zero-order valence-corrected chi connectivity index (χ0v) is 15.0. The van der Waals surface area contributed by atoms with Crippen LogP contribution in [0, 0.1) is 35.0 Å². The van der Waals surface area contributed by atoms with Crippen LogP contribution in [-0.4, -0.2) is 23.0 Å². The molecule has 7 atom stereocenters. The van der Waals surface area contributed by atoms with Crippen LogP contribution in [0.25, 0.3) is 0 Å². The van der Waals surface area contributed by atoms with Crippen LogP contribution in [0.5, 0.6) is 0 Å². The van der Waals surface area contributed by atoms with Crippen LogP contribution in [0.1, 0.15) is 71.6 Å². The first-order valence-corrected chi connectivity index (χ1v) is 9.91. The van der Waals surface area contributed by atoms with Crippen molar-refractivity contribution < 1.29 is 14.7 Å². The number of carbonyl (C=O) groups is 1. The largest absolute Gasteiger partial charge is 0.463 e. The van der Waals surface area contributed by atoms with Gasteiger partial charge in [0.1, 0.15) is 6.10 Å². The molecule has 4 fully saturated rings. The van der Waals surface area contributed by atoms with Crippen molar-refractivity contribution in [3.63, 3.8) is 0 Å². The normalized spacial score (nSPS) is 49.2. The zero-order valence-electron chi connectivity index (χ0n) is 15.0. The lowest BCUT2D eigenvalue weighted by atomic mass is 9.50. The standard InChI is InChI=1S/C20H31NO3/c1-12(22)24-14-4-6-15-13(11-14)3-5-17-16(15)9-10-20(2)18(17)7-8-19(20)21-23/h13-18,23H,3-11H2,1-2H3/b21-19+/t13-,14-,15-,16+,17+,18-,20-/m0/s1. The molecule has 4 aliphatic rings. The molecule has 4 heteroatoms. The molecule has 0 aliphatic heterocycles. The molecule has 4 nitrogen and oxygen atoms in total. The van der Waals surface area contributed by atoms with Gasteiger partial charge in [-0.3, -0.25) is 4.79 Å². The van der Waals surface area contributed by atoms with Crippen molar-refractivity contribution in [3.8, 4) is 0 Å². The van der Waals surface area contributed by atoms with Crippen LogP contribution in [0.2, 0.25) is 0 Å². The molecule has 134 valence electrons. The highest BCUT2D eigenvalue weighted by atomic mass is 16.5. The Bertz CT molecular complexity index is 545. The van der Waals surface area contributed by atoms with E-state index in [-0.39, 0.29) is 17.5 Å². The van der Waals surface area contributed by atoms with Crippen molar-refractivity contribution in [1.82, 2.24) is 0 Å². The predicted molar refractivity (Wildman–Crippen MR) is 91.9 cm³/mol. The fourth-order valence-electron chi connectivity index (χ4n) is 7.10. The first kappa shape index (κ1) is 16.4. The Morgan fingerprint density at radius 1 is 1.12 bits per heavy atom. The highest BCUT2D eigenvalue weighted by molar-refractivity contribution is 5.91. The van der Waals surface area contributed by atoms with E-state index in [1.54, 1.807) is 0 Å². The Kier molecular flexibility index (Phi) is 4.12. The third kappa shape index (κ3) is 2.48. The van der Waals surface area contributed by atoms with E-state index in [9.17, 15) is 10.0 Å². The van der Waals surface area contributed by atoms with Gasteiger partial charge in [-0.1, -0.05) is 12.1 Å². The van der Waals surface area contributed by atoms with E-state index in [1.165, 1.54) is 45.4 Å². The topological polar surface area (TPSA) is 58.9 Å². The predicted octanol–water partition coefficient (Wildman–Crippen LogP) is 4.40. The second kappa shape index (κ2) is 6.03. The minimum Gasteiger partial charge on any atom is -0.463 e. The molecule has 0 unspecified atom stereocenters. The van der Waals surface area contributed by atoms with E-state index in [2.05, 4.69) is 12.1 Å². The Morgan fingerprint density at radius 3 is 2.67 bits per heavy atom. The highest BCUT2D eigenvalue weighted by Crippen LogP contribution is 2.61. The number of oxime groups is 1. The number of hydrogen-bond donors (Lipinski definition) is 1. The minimum absolute atomic E-state index is 0.123. The SMILES string of the molecule is CC(=O)O[C@H]1CC[C@H]2[C@@H](CC[C@@H]3[C@@H]2CC[C@]2(C)/C(=N/O)CC[C@@H]32)C1. The molecule has 4 saturated carbocycles. The van der Waals surface area contributed by atoms with Crippen LogP contribution in [-0.2, 0) is 9.53 Å². The monoisotopic (exact) mass is 333 g/mol. The summed E-state index contributed by atoms with van der Waals surface area (Å²) >= 11 is 0. The molecule has 0 spiro atoms. The van der Waals surface area contributed by atoms with Crippen molar-refractivity contribution in [3.05, 3.63) is 0 Å². The second-order valence-electron chi connectivity index (χ2n) is 9.02. The smallest absolute Gasteiger partial charge is 0.302 e. The van der Waals surface area contributed by atoms with Gasteiger partial charge in [0.25, 0.3) is 0 Å². The highest BCUT2D eigenvalue weighted by Gasteiger charge is 2.56. The first-order chi connectivity index (χ1) is 11.5. The van der Waals surface area contributed by atoms with E-state index in [0.29, 0.717) is 5.92 Å². The van der Waals surface area contributed by atoms with E-state index in [1.807, 2.05) is 0 Å². The number of fused-ring (bicyclic) bond motifs is 5. The van der Waals surface area contributed by atoms with Crippen LogP contribution >= 0.6 is 0 Å². The average Bonchev–Trinajstić information content (AvgIpc) is 2.90. The van der Waals surface area contributed by atoms with Crippen LogP contribution in [0.15, 0.2) is 5.16 Å². The summed E-state index contributed by atoms with van der Waals surface area (Å²) in [5.74, 6) is 3.83. The van der Waals surface area contributed by atoms with Crippen LogP contribution in [0.3, 0.4) is 0 Å². The lowest BCUT2D eigenvalue weighted by molar-refractivity contribution is -0.151. The number of esters is 1. The molecule has 0 heterocycles. The fourth-order valence-corrected chi connectivity index (χ4v) is 7.10. The second-order valence-corrected chi connectivity index (χ2v) is 9.02. The number of hydrogen-bond acceptors (Lipinski definition) is 4. The van der Waals surface area contributed by atoms with Gasteiger partial charge < -0.3 is 9.94 Å². The van der Waals surface area contributed by atoms with Gasteiger partial charge >= 0.3 is 5.97 Å². The van der Waals surface area contributed by atoms with Crippen molar-refractivity contribution in [1.29, 1.82) is 0 Å². The Morgan fingerprint density at radius 2 is 1.92 bits per heavy atom. The maximum Gasteiger partial charge on any atom is 0.302 e. The molecule has 0 saturated heterocycles. The van der Waals surface area contributed by atoms with Crippen molar-refractivity contribution >= 4 is 11.7 Å². The van der Waals surface area contributed by atoms with Gasteiger partial charge in [0.05, 0.1) is 5.71 Å². The summed E-state index contributed by atoms with van der Waals surface area (Å²) in [7, 11) is 0. The summed E-state index contributed by atoms with van der Waals surface area (Å²) < 4.78 is 5.51. The summed E-state index contributed by atoms with van der Waals surface area (Å²) in [5.41, 5.74) is 1.21. The van der Waals surface area contributed by atoms with E-state index < -0.39 is 0 Å². The molecule has 0 aromatic heterocycles. The third-order valence-corrected chi connectivity index (χ3v) is 8.10. The van der Waals surface area contributed by atoms with Crippen molar-refractivity contribution in [2.45, 2.75) is 77.7 Å². The van der Waals surface area contributed by atoms with Gasteiger partial charge in [-0.15, -0.1) is 0 Å². The lowest BCUT2D eigenvalue weighted by Crippen LogP contribution is -2.49. The Labute approximate surface area is 145 Å². The number of carbonyl (C=O) groups excluding carboxylic acids is 1. The van der Waals surface area contributed by atoms with Gasteiger partial charge in [0.15, 0.2) is 0 Å². The summed E-state index contributed by atoms with van der Waals surface area (Å²) in [5, 5.41) is 13.1. The summed E-state index contributed by atoms with van der Waals surface area (Å²) in [6.45, 7) is 3.88. The molecule has 0 amide bonds. The van der Waals surface area contributed by atoms with Gasteiger partial charge in [-0.2, -0.15) is 0 Å². The fraction of sp³-hybridized carbons (Fsp3) is 0.900. The molecule has 1 N–H and O–H groups in total. The molecule has 4 aliphatic carbocycles. The molecular formula is C20H31NO3. The third-order valence-electron chi connectivity index (χ3n) is 8.10. The van der Waals surface area contributed by atoms with Crippen molar-refractivity contribution in [2.24, 2.45) is 40.2 Å². The molecule has 4 rings (SSSR count). The molecule has 0 radical (unpaired) electrons. The van der Waals surface area contributed by atoms with E-state index in [0.717, 1.165) is 48.6 Å². The molecule has 0 aromatic carbocycles. The Hall–Kier alpha value is -1.06. The molecule has 24 heavy (non-hydrogen) atoms. The number of nitrogens with zero attached hydrogens (tertiary/aromatic N) is 1. The molecular weight excluding hydrogens is 302 g/mol. The summed E-state index contributed by atoms with van der Waals surface area (Å²) in [6, 6.07) is 0. The van der Waals surface area contributed by atoms with Gasteiger partial charge in [-0.05, 0) is 87.4 Å². The molecule has 0 bridgehead atoms. The number of ether oxygens (including phenoxy) is 1.